The molecule has 212 valence electrons. The lowest BCUT2D eigenvalue weighted by Crippen LogP contribution is -2.60. The van der Waals surface area contributed by atoms with Gasteiger partial charge in [-0.1, -0.05) is 11.6 Å². The fraction of sp³-hybridized carbons (Fsp3) is 0.444. The lowest BCUT2D eigenvalue weighted by Gasteiger charge is -2.40. The van der Waals surface area contributed by atoms with E-state index in [2.05, 4.69) is 25.5 Å². The lowest BCUT2D eigenvalue weighted by atomic mass is 9.85. The van der Waals surface area contributed by atoms with Crippen LogP contribution in [0.2, 0.25) is 5.02 Å². The third-order valence-corrected chi connectivity index (χ3v) is 8.40. The standard InChI is InChI=1S/C27H30ClN5O6S/c1-13(34)38-22-10-19(30-25(36)21-9-15-8-16(28)4-5-17(15)29-21)20(11-23(22)39-14(2)35)31-26(37)27-32-18-6-7-33(3)12-24(18)40-27/h4-5,8-9,19-20,22-23,29H,6-7,10-12H2,1-3H3,(H,30,36)(H,31,37). The van der Waals surface area contributed by atoms with Gasteiger partial charge in [0.1, 0.15) is 17.9 Å². The number of amides is 2. The molecule has 1 fully saturated rings. The van der Waals surface area contributed by atoms with Crippen molar-refractivity contribution in [1.82, 2.24) is 25.5 Å². The molecule has 3 N–H and O–H groups in total. The van der Waals surface area contributed by atoms with E-state index >= 15 is 0 Å². The third-order valence-electron chi connectivity index (χ3n) is 7.08. The van der Waals surface area contributed by atoms with Gasteiger partial charge in [0.15, 0.2) is 5.01 Å². The summed E-state index contributed by atoms with van der Waals surface area (Å²) in [6.45, 7) is 4.14. The van der Waals surface area contributed by atoms with Crippen LogP contribution in [-0.4, -0.2) is 76.5 Å². The fourth-order valence-corrected chi connectivity index (χ4v) is 6.52. The van der Waals surface area contributed by atoms with Gasteiger partial charge in [0, 0.05) is 67.0 Å². The zero-order valence-electron chi connectivity index (χ0n) is 22.3. The smallest absolute Gasteiger partial charge is 0.303 e. The molecule has 0 bridgehead atoms. The molecule has 40 heavy (non-hydrogen) atoms. The number of hydrogen-bond acceptors (Lipinski definition) is 9. The summed E-state index contributed by atoms with van der Waals surface area (Å²) in [6, 6.07) is 5.68. The van der Waals surface area contributed by atoms with E-state index in [0.29, 0.717) is 15.7 Å². The molecule has 1 aromatic carbocycles. The molecule has 0 saturated heterocycles. The van der Waals surface area contributed by atoms with E-state index in [1.54, 1.807) is 24.3 Å². The highest BCUT2D eigenvalue weighted by atomic mass is 35.5. The van der Waals surface area contributed by atoms with Gasteiger partial charge in [0.25, 0.3) is 11.8 Å². The van der Waals surface area contributed by atoms with Gasteiger partial charge in [0.2, 0.25) is 0 Å². The van der Waals surface area contributed by atoms with Gasteiger partial charge in [-0.05, 0) is 31.3 Å². The number of esters is 2. The van der Waals surface area contributed by atoms with Crippen molar-refractivity contribution in [2.75, 3.05) is 13.6 Å². The molecular weight excluding hydrogens is 558 g/mol. The zero-order valence-corrected chi connectivity index (χ0v) is 23.9. The Hall–Kier alpha value is -3.48. The van der Waals surface area contributed by atoms with Crippen molar-refractivity contribution in [3.05, 3.63) is 50.6 Å². The minimum Gasteiger partial charge on any atom is -0.459 e. The number of benzene rings is 1. The van der Waals surface area contributed by atoms with Crippen LogP contribution in [0.3, 0.4) is 0 Å². The fourth-order valence-electron chi connectivity index (χ4n) is 5.25. The SMILES string of the molecule is CC(=O)OC1CC(NC(=O)c2cc3cc(Cl)ccc3[nH]2)C(NC(=O)c2nc3c(s2)CN(C)CC3)CC1OC(C)=O. The number of H-pyrrole nitrogens is 1. The maximum Gasteiger partial charge on any atom is 0.303 e. The van der Waals surface area contributed by atoms with Crippen LogP contribution in [0.15, 0.2) is 24.3 Å². The van der Waals surface area contributed by atoms with Gasteiger partial charge in [-0.15, -0.1) is 11.3 Å². The molecule has 0 spiro atoms. The van der Waals surface area contributed by atoms with Crippen LogP contribution in [0.25, 0.3) is 10.9 Å². The molecular formula is C27H30ClN5O6S. The largest absolute Gasteiger partial charge is 0.459 e. The normalized spacial score (nSPS) is 22.8. The van der Waals surface area contributed by atoms with Gasteiger partial charge in [-0.25, -0.2) is 4.98 Å². The first-order valence-corrected chi connectivity index (χ1v) is 14.2. The number of thiazole rings is 1. The minimum atomic E-state index is -0.802. The number of nitrogens with one attached hydrogen (secondary N) is 3. The van der Waals surface area contributed by atoms with E-state index in [0.717, 1.165) is 41.0 Å². The summed E-state index contributed by atoms with van der Waals surface area (Å²) in [4.78, 5) is 61.2. The molecule has 2 aliphatic rings. The van der Waals surface area contributed by atoms with Crippen molar-refractivity contribution in [2.24, 2.45) is 0 Å². The van der Waals surface area contributed by atoms with Gasteiger partial charge in [-0.2, -0.15) is 0 Å². The van der Waals surface area contributed by atoms with Crippen molar-refractivity contribution >= 4 is 57.6 Å². The molecule has 1 saturated carbocycles. The second-order valence-electron chi connectivity index (χ2n) is 10.2. The van der Waals surface area contributed by atoms with Crippen LogP contribution in [0.4, 0.5) is 0 Å². The highest BCUT2D eigenvalue weighted by Gasteiger charge is 2.42. The predicted molar refractivity (Wildman–Crippen MR) is 148 cm³/mol. The van der Waals surface area contributed by atoms with E-state index in [9.17, 15) is 19.2 Å². The minimum absolute atomic E-state index is 0.124. The number of aromatic nitrogens is 2. The first kappa shape index (κ1) is 28.1. The first-order valence-electron chi connectivity index (χ1n) is 13.0. The van der Waals surface area contributed by atoms with Crippen LogP contribution in [0.1, 0.15) is 57.6 Å². The van der Waals surface area contributed by atoms with E-state index in [1.165, 1.54) is 25.2 Å². The zero-order chi connectivity index (χ0) is 28.6. The number of aromatic amines is 1. The summed E-state index contributed by atoms with van der Waals surface area (Å²) >= 11 is 7.44. The molecule has 3 aromatic rings. The van der Waals surface area contributed by atoms with E-state index in [-0.39, 0.29) is 18.7 Å². The second kappa shape index (κ2) is 11.6. The summed E-state index contributed by atoms with van der Waals surface area (Å²) in [5, 5.41) is 7.63. The Morgan fingerprint density at radius 3 is 2.33 bits per heavy atom. The Morgan fingerprint density at radius 2 is 1.68 bits per heavy atom. The Morgan fingerprint density at radius 1 is 1.02 bits per heavy atom. The van der Waals surface area contributed by atoms with Gasteiger partial charge in [0.05, 0.1) is 17.8 Å². The maximum atomic E-state index is 13.3. The second-order valence-corrected chi connectivity index (χ2v) is 11.7. The monoisotopic (exact) mass is 587 g/mol. The Balaban J connectivity index is 1.39. The summed E-state index contributed by atoms with van der Waals surface area (Å²) in [5.74, 6) is -1.86. The number of halogens is 1. The van der Waals surface area contributed by atoms with Crippen LogP contribution in [0.5, 0.6) is 0 Å². The Labute approximate surface area is 239 Å². The molecule has 2 aromatic heterocycles. The summed E-state index contributed by atoms with van der Waals surface area (Å²) in [7, 11) is 2.02. The molecule has 0 radical (unpaired) electrons. The first-order chi connectivity index (χ1) is 19.0. The number of fused-ring (bicyclic) bond motifs is 2. The lowest BCUT2D eigenvalue weighted by molar-refractivity contribution is -0.170. The highest BCUT2D eigenvalue weighted by Crippen LogP contribution is 2.28. The van der Waals surface area contributed by atoms with Crippen LogP contribution in [-0.2, 0) is 32.0 Å². The number of carbonyl (C=O) groups is 4. The Bertz CT molecular complexity index is 1470. The molecule has 1 aliphatic heterocycles. The molecule has 2 amide bonds. The molecule has 1 aliphatic carbocycles. The number of rotatable bonds is 6. The Kier molecular flexibility index (Phi) is 8.11. The van der Waals surface area contributed by atoms with E-state index in [1.807, 2.05) is 7.05 Å². The van der Waals surface area contributed by atoms with Crippen LogP contribution < -0.4 is 10.6 Å². The number of nitrogens with zero attached hydrogens (tertiary/aromatic N) is 2. The average Bonchev–Trinajstić information content (AvgIpc) is 3.49. The third kappa shape index (κ3) is 6.29. The van der Waals surface area contributed by atoms with E-state index in [4.69, 9.17) is 21.1 Å². The van der Waals surface area contributed by atoms with Gasteiger partial charge in [-0.3, -0.25) is 19.2 Å². The van der Waals surface area contributed by atoms with Crippen molar-refractivity contribution in [1.29, 1.82) is 0 Å². The van der Waals surface area contributed by atoms with Crippen molar-refractivity contribution in [3.8, 4) is 0 Å². The predicted octanol–water partition coefficient (Wildman–Crippen LogP) is 2.82. The number of ether oxygens (including phenoxy) is 2. The number of hydrogen-bond donors (Lipinski definition) is 3. The highest BCUT2D eigenvalue weighted by molar-refractivity contribution is 7.13. The van der Waals surface area contributed by atoms with Gasteiger partial charge >= 0.3 is 11.9 Å². The van der Waals surface area contributed by atoms with E-state index < -0.39 is 42.1 Å². The molecule has 4 unspecified atom stereocenters. The summed E-state index contributed by atoms with van der Waals surface area (Å²) in [5.41, 5.74) is 1.98. The molecule has 13 heteroatoms. The van der Waals surface area contributed by atoms with Crippen LogP contribution in [0, 0.1) is 0 Å². The van der Waals surface area contributed by atoms with Gasteiger partial charge < -0.3 is 30.0 Å². The number of likely N-dealkylation sites (N-methyl/N-ethyl adjacent to an activating group) is 1. The molecule has 5 rings (SSSR count). The maximum absolute atomic E-state index is 13.3. The van der Waals surface area contributed by atoms with Crippen molar-refractivity contribution in [2.45, 2.75) is 63.9 Å². The quantitative estimate of drug-likeness (QED) is 0.374. The van der Waals surface area contributed by atoms with Crippen molar-refractivity contribution in [3.63, 3.8) is 0 Å². The molecule has 3 heterocycles. The van der Waals surface area contributed by atoms with Crippen molar-refractivity contribution < 1.29 is 28.7 Å². The topological polar surface area (TPSA) is 143 Å². The summed E-state index contributed by atoms with van der Waals surface area (Å²) in [6.07, 6.45) is -0.576. The molecule has 4 atom stereocenters. The van der Waals surface area contributed by atoms with Crippen LogP contribution >= 0.6 is 22.9 Å². The number of carbonyl (C=O) groups excluding carboxylic acids is 4. The average molecular weight is 588 g/mol. The molecule has 11 nitrogen and oxygen atoms in total. The summed E-state index contributed by atoms with van der Waals surface area (Å²) < 4.78 is 10.9.